The monoisotopic (exact) mass is 941 g/mol. The Morgan fingerprint density at radius 1 is 0.955 bits per heavy atom. The molecule has 0 unspecified atom stereocenters. The summed E-state index contributed by atoms with van der Waals surface area (Å²) in [4.78, 5) is 52.9. The van der Waals surface area contributed by atoms with Crippen molar-refractivity contribution < 1.29 is 32.9 Å². The molecule has 4 bridgehead atoms. The summed E-state index contributed by atoms with van der Waals surface area (Å²) < 4.78 is 38.8. The van der Waals surface area contributed by atoms with Gasteiger partial charge in [0.05, 0.1) is 36.8 Å². The van der Waals surface area contributed by atoms with E-state index in [1.807, 2.05) is 66.4 Å². The number of nitrogens with zero attached hydrogens (tertiary/aromatic N) is 6. The van der Waals surface area contributed by atoms with Crippen LogP contribution in [0.15, 0.2) is 97.5 Å². The number of carbonyl (C=O) groups is 2. The van der Waals surface area contributed by atoms with Gasteiger partial charge in [-0.2, -0.15) is 0 Å². The molecule has 0 saturated carbocycles. The minimum absolute atomic E-state index is 0.00586. The maximum atomic E-state index is 14.6. The van der Waals surface area contributed by atoms with Crippen molar-refractivity contribution >= 4 is 45.0 Å². The molecule has 6 heterocycles. The predicted octanol–water partition coefficient (Wildman–Crippen LogP) is 8.51. The van der Waals surface area contributed by atoms with Crippen LogP contribution >= 0.6 is 22.9 Å². The third-order valence-electron chi connectivity index (χ3n) is 12.0. The highest BCUT2D eigenvalue weighted by Gasteiger charge is 2.30. The minimum Gasteiger partial charge on any atom is -0.496 e. The summed E-state index contributed by atoms with van der Waals surface area (Å²) in [5, 5.41) is 4.48. The zero-order valence-corrected chi connectivity index (χ0v) is 39.0. The highest BCUT2D eigenvalue weighted by molar-refractivity contribution is 7.22. The number of nitrogens with one attached hydrogen (secondary N) is 1. The van der Waals surface area contributed by atoms with Gasteiger partial charge in [-0.1, -0.05) is 60.1 Å². The number of benzene rings is 4. The number of rotatable bonds is 11. The molecule has 7 aromatic rings. The van der Waals surface area contributed by atoms with Crippen LogP contribution < -0.4 is 19.5 Å². The van der Waals surface area contributed by atoms with Crippen molar-refractivity contribution in [3.05, 3.63) is 136 Å². The standard InChI is InChI=1S/C51H49ClFN7O6S/c1-4-64-51(62)42-27-35-25-32(9-16-40(35)65-29-37-17-18-55-48(58-37)39-7-5-6-8-41(39)63-3)26-43(61)60(24-23-59-21-19-54-20-22-59)28-34-12-15-38(31(2)46(34)52)44-45-49(66-42)56-30-57-50(45)67-47(44)33-10-13-36(53)14-11-33/h5-18,25,30,42,54H,4,19-24,26-29H2,1-3H3/t42-/m1/s1. The molecule has 0 aliphatic carbocycles. The molecular weight excluding hydrogens is 893 g/mol. The quantitative estimate of drug-likeness (QED) is 0.124. The smallest absolute Gasteiger partial charge is 0.347 e. The van der Waals surface area contributed by atoms with E-state index in [0.717, 1.165) is 70.0 Å². The van der Waals surface area contributed by atoms with Gasteiger partial charge >= 0.3 is 5.97 Å². The topological polar surface area (TPSA) is 141 Å². The van der Waals surface area contributed by atoms with Gasteiger partial charge in [0, 0.05) is 73.9 Å². The zero-order chi connectivity index (χ0) is 46.4. The Balaban J connectivity index is 1.16. The fourth-order valence-electron chi connectivity index (χ4n) is 8.55. The number of esters is 1. The fraction of sp³-hybridized carbons (Fsp3) is 0.294. The van der Waals surface area contributed by atoms with Crippen LogP contribution in [0.1, 0.15) is 34.9 Å². The maximum Gasteiger partial charge on any atom is 0.347 e. The van der Waals surface area contributed by atoms with Gasteiger partial charge in [-0.05, 0) is 83.6 Å². The normalized spacial score (nSPS) is 15.6. The molecule has 1 fully saturated rings. The van der Waals surface area contributed by atoms with Gasteiger partial charge in [-0.3, -0.25) is 9.69 Å². The average Bonchev–Trinajstić information content (AvgIpc) is 3.74. The van der Waals surface area contributed by atoms with E-state index in [1.165, 1.54) is 29.8 Å². The Labute approximate surface area is 396 Å². The van der Waals surface area contributed by atoms with E-state index >= 15 is 0 Å². The molecule has 0 spiro atoms. The first-order chi connectivity index (χ1) is 32.7. The van der Waals surface area contributed by atoms with Crippen LogP contribution in [0.5, 0.6) is 17.4 Å². The Morgan fingerprint density at radius 3 is 2.58 bits per heavy atom. The molecule has 3 aliphatic heterocycles. The molecule has 1 amide bonds. The van der Waals surface area contributed by atoms with Crippen molar-refractivity contribution in [2.24, 2.45) is 0 Å². The molecule has 344 valence electrons. The first-order valence-corrected chi connectivity index (χ1v) is 23.4. The number of hydrogen-bond donors (Lipinski definition) is 1. The van der Waals surface area contributed by atoms with Crippen molar-refractivity contribution in [1.29, 1.82) is 0 Å². The Kier molecular flexibility index (Phi) is 14.0. The summed E-state index contributed by atoms with van der Waals surface area (Å²) in [5.74, 6) is 0.668. The van der Waals surface area contributed by atoms with Gasteiger partial charge < -0.3 is 29.2 Å². The van der Waals surface area contributed by atoms with E-state index in [2.05, 4.69) is 25.2 Å². The average molecular weight is 943 g/mol. The Morgan fingerprint density at radius 2 is 1.78 bits per heavy atom. The first-order valence-electron chi connectivity index (χ1n) is 22.2. The van der Waals surface area contributed by atoms with Crippen LogP contribution in [0.25, 0.3) is 43.2 Å². The van der Waals surface area contributed by atoms with Crippen LogP contribution in [0, 0.1) is 12.7 Å². The summed E-state index contributed by atoms with van der Waals surface area (Å²) in [6.07, 6.45) is 1.92. The number of piperazine rings is 1. The molecule has 0 radical (unpaired) electrons. The van der Waals surface area contributed by atoms with Gasteiger partial charge in [0.25, 0.3) is 0 Å². The van der Waals surface area contributed by atoms with Crippen molar-refractivity contribution in [2.75, 3.05) is 53.0 Å². The SMILES string of the molecule is CCOC(=O)[C@H]1Cc2cc(ccc2OCc2ccnc(-c3ccccc3OC)n2)CC(=O)N(CCN2CCNCC2)Cc2ccc(c(C)c2Cl)-c2c(-c3ccc(F)cc3)sc3ncnc(c23)O1. The third-order valence-corrected chi connectivity index (χ3v) is 13.7. The molecule has 3 aliphatic rings. The second-order valence-corrected chi connectivity index (χ2v) is 17.7. The Bertz CT molecular complexity index is 2930. The number of amides is 1. The molecule has 67 heavy (non-hydrogen) atoms. The number of hydrogen-bond acceptors (Lipinski definition) is 13. The largest absolute Gasteiger partial charge is 0.496 e. The van der Waals surface area contributed by atoms with E-state index < -0.39 is 12.1 Å². The summed E-state index contributed by atoms with van der Waals surface area (Å²) in [6.45, 7) is 8.87. The van der Waals surface area contributed by atoms with Crippen LogP contribution in [-0.2, 0) is 40.3 Å². The lowest BCUT2D eigenvalue weighted by atomic mass is 9.94. The molecule has 16 heteroatoms. The molecule has 3 aromatic heterocycles. The number of halogens is 2. The summed E-state index contributed by atoms with van der Waals surface area (Å²) in [6, 6.07) is 25.1. The third kappa shape index (κ3) is 10.1. The fourth-order valence-corrected chi connectivity index (χ4v) is 9.92. The molecular formula is C51H49ClFN7O6S. The zero-order valence-electron chi connectivity index (χ0n) is 37.4. The molecule has 10 rings (SSSR count). The highest BCUT2D eigenvalue weighted by Crippen LogP contribution is 2.49. The van der Waals surface area contributed by atoms with Crippen LogP contribution in [-0.4, -0.2) is 101 Å². The summed E-state index contributed by atoms with van der Waals surface area (Å²) in [5.41, 5.74) is 6.47. The van der Waals surface area contributed by atoms with Gasteiger partial charge in [0.15, 0.2) is 5.82 Å². The highest BCUT2D eigenvalue weighted by atomic mass is 35.5. The van der Waals surface area contributed by atoms with Crippen LogP contribution in [0.3, 0.4) is 0 Å². The van der Waals surface area contributed by atoms with Crippen molar-refractivity contribution in [3.63, 3.8) is 0 Å². The summed E-state index contributed by atoms with van der Waals surface area (Å²) >= 11 is 8.74. The lowest BCUT2D eigenvalue weighted by molar-refractivity contribution is -0.151. The van der Waals surface area contributed by atoms with Gasteiger partial charge in [-0.25, -0.2) is 29.1 Å². The molecule has 13 nitrogen and oxygen atoms in total. The van der Waals surface area contributed by atoms with E-state index in [4.69, 9.17) is 35.5 Å². The van der Waals surface area contributed by atoms with E-state index in [-0.39, 0.29) is 50.2 Å². The minimum atomic E-state index is -1.22. The Hall–Kier alpha value is -6.52. The number of fused-ring (bicyclic) bond motifs is 7. The lowest BCUT2D eigenvalue weighted by Crippen LogP contribution is -2.47. The van der Waals surface area contributed by atoms with Crippen molar-refractivity contribution in [3.8, 4) is 50.3 Å². The lowest BCUT2D eigenvalue weighted by Gasteiger charge is -2.31. The van der Waals surface area contributed by atoms with E-state index in [0.29, 0.717) is 56.9 Å². The molecule has 1 atom stereocenters. The van der Waals surface area contributed by atoms with E-state index in [9.17, 15) is 14.0 Å². The summed E-state index contributed by atoms with van der Waals surface area (Å²) in [7, 11) is 1.60. The van der Waals surface area contributed by atoms with Crippen molar-refractivity contribution in [1.82, 2.24) is 35.1 Å². The molecule has 1 N–H and O–H groups in total. The number of aromatic nitrogens is 4. The van der Waals surface area contributed by atoms with Crippen LogP contribution in [0.4, 0.5) is 4.39 Å². The van der Waals surface area contributed by atoms with Crippen molar-refractivity contribution in [2.45, 2.75) is 45.9 Å². The number of carbonyl (C=O) groups excluding carboxylic acids is 2. The first kappa shape index (κ1) is 45.6. The second kappa shape index (κ2) is 20.6. The van der Waals surface area contributed by atoms with Gasteiger partial charge in [0.1, 0.15) is 35.1 Å². The van der Waals surface area contributed by atoms with Gasteiger partial charge in [-0.15, -0.1) is 11.3 Å². The maximum absolute atomic E-state index is 14.6. The number of methoxy groups -OCH3 is 1. The second-order valence-electron chi connectivity index (χ2n) is 16.3. The van der Waals surface area contributed by atoms with Gasteiger partial charge in [0.2, 0.25) is 17.9 Å². The predicted molar refractivity (Wildman–Crippen MR) is 256 cm³/mol. The van der Waals surface area contributed by atoms with Crippen LogP contribution in [0.2, 0.25) is 5.02 Å². The van der Waals surface area contributed by atoms with E-state index in [1.54, 1.807) is 38.4 Å². The molecule has 1 saturated heterocycles. The molecule has 4 aromatic carbocycles. The number of thiophene rings is 1. The number of para-hydroxylation sites is 1. The number of ether oxygens (including phenoxy) is 4.